The standard InChI is InChI=1S/C13H15N3O2S2/c1-3-15-13(18)16-9-6-10(8-4-5-19-7-8)20-11(9)12(17)14-2/h4-7H,3H2,1-2H3,(H,14,17)(H2,15,16,18). The highest BCUT2D eigenvalue weighted by Crippen LogP contribution is 2.35. The Morgan fingerprint density at radius 2 is 2.15 bits per heavy atom. The predicted octanol–water partition coefficient (Wildman–Crippen LogP) is 2.98. The van der Waals surface area contributed by atoms with Crippen molar-refractivity contribution in [2.24, 2.45) is 0 Å². The van der Waals surface area contributed by atoms with Gasteiger partial charge in [-0.2, -0.15) is 11.3 Å². The second-order valence-corrected chi connectivity index (χ2v) is 5.76. The van der Waals surface area contributed by atoms with E-state index in [4.69, 9.17) is 0 Å². The van der Waals surface area contributed by atoms with Crippen molar-refractivity contribution in [1.82, 2.24) is 10.6 Å². The van der Waals surface area contributed by atoms with Crippen LogP contribution in [-0.2, 0) is 0 Å². The van der Waals surface area contributed by atoms with Crippen molar-refractivity contribution < 1.29 is 9.59 Å². The fraction of sp³-hybridized carbons (Fsp3) is 0.231. The highest BCUT2D eigenvalue weighted by atomic mass is 32.1. The van der Waals surface area contributed by atoms with Gasteiger partial charge in [-0.3, -0.25) is 4.79 Å². The summed E-state index contributed by atoms with van der Waals surface area (Å²) in [5.41, 5.74) is 1.58. The highest BCUT2D eigenvalue weighted by Gasteiger charge is 2.17. The molecule has 0 unspecified atom stereocenters. The smallest absolute Gasteiger partial charge is 0.319 e. The Balaban J connectivity index is 2.33. The van der Waals surface area contributed by atoms with Gasteiger partial charge >= 0.3 is 6.03 Å². The average Bonchev–Trinajstić information content (AvgIpc) is 3.06. The van der Waals surface area contributed by atoms with Gasteiger partial charge in [0, 0.05) is 24.0 Å². The zero-order valence-corrected chi connectivity index (χ0v) is 12.8. The summed E-state index contributed by atoms with van der Waals surface area (Å²) in [5, 5.41) is 11.9. The fourth-order valence-electron chi connectivity index (χ4n) is 1.64. The Kier molecular flexibility index (Phi) is 4.75. The first-order chi connectivity index (χ1) is 9.65. The molecule has 0 aromatic carbocycles. The Hall–Kier alpha value is -1.86. The van der Waals surface area contributed by atoms with Crippen molar-refractivity contribution in [3.05, 3.63) is 27.8 Å². The van der Waals surface area contributed by atoms with Gasteiger partial charge in [0.25, 0.3) is 5.91 Å². The minimum Gasteiger partial charge on any atom is -0.354 e. The summed E-state index contributed by atoms with van der Waals surface area (Å²) >= 11 is 2.95. The molecule has 0 radical (unpaired) electrons. The molecule has 0 fully saturated rings. The van der Waals surface area contributed by atoms with Crippen molar-refractivity contribution in [3.63, 3.8) is 0 Å². The second-order valence-electron chi connectivity index (χ2n) is 3.93. The molecular weight excluding hydrogens is 294 g/mol. The van der Waals surface area contributed by atoms with E-state index in [1.807, 2.05) is 29.8 Å². The molecule has 0 aliphatic rings. The number of carbonyl (C=O) groups is 2. The molecule has 0 saturated heterocycles. The van der Waals surface area contributed by atoms with Gasteiger partial charge < -0.3 is 16.0 Å². The first-order valence-electron chi connectivity index (χ1n) is 6.09. The van der Waals surface area contributed by atoms with Crippen LogP contribution in [0.1, 0.15) is 16.6 Å². The lowest BCUT2D eigenvalue weighted by atomic mass is 10.2. The molecule has 2 rings (SSSR count). The maximum absolute atomic E-state index is 11.9. The van der Waals surface area contributed by atoms with E-state index in [-0.39, 0.29) is 11.9 Å². The van der Waals surface area contributed by atoms with Gasteiger partial charge in [0.1, 0.15) is 4.88 Å². The molecule has 0 bridgehead atoms. The number of hydrogen-bond donors (Lipinski definition) is 3. The summed E-state index contributed by atoms with van der Waals surface area (Å²) < 4.78 is 0. The second kappa shape index (κ2) is 6.53. The molecule has 5 nitrogen and oxygen atoms in total. The molecule has 2 aromatic heterocycles. The number of hydrogen-bond acceptors (Lipinski definition) is 4. The molecule has 106 valence electrons. The minimum absolute atomic E-state index is 0.205. The number of amides is 3. The van der Waals surface area contributed by atoms with Crippen LogP contribution < -0.4 is 16.0 Å². The first-order valence-corrected chi connectivity index (χ1v) is 7.85. The van der Waals surface area contributed by atoms with E-state index in [0.29, 0.717) is 17.1 Å². The minimum atomic E-state index is -0.313. The van der Waals surface area contributed by atoms with Crippen LogP contribution in [0.4, 0.5) is 10.5 Å². The van der Waals surface area contributed by atoms with Gasteiger partial charge in [-0.25, -0.2) is 4.79 Å². The number of thiophene rings is 2. The van der Waals surface area contributed by atoms with E-state index in [0.717, 1.165) is 10.4 Å². The van der Waals surface area contributed by atoms with Gasteiger partial charge in [-0.05, 0) is 29.8 Å². The van der Waals surface area contributed by atoms with Crippen LogP contribution in [0.2, 0.25) is 0 Å². The topological polar surface area (TPSA) is 70.2 Å². The Bertz CT molecular complexity index is 605. The van der Waals surface area contributed by atoms with Crippen LogP contribution in [0.5, 0.6) is 0 Å². The molecular formula is C13H15N3O2S2. The van der Waals surface area contributed by atoms with Crippen molar-refractivity contribution in [3.8, 4) is 10.4 Å². The summed E-state index contributed by atoms with van der Waals surface area (Å²) in [6, 6.07) is 3.50. The molecule has 20 heavy (non-hydrogen) atoms. The van der Waals surface area contributed by atoms with Crippen LogP contribution in [0, 0.1) is 0 Å². The Labute approximate surface area is 125 Å². The monoisotopic (exact) mass is 309 g/mol. The molecule has 0 saturated carbocycles. The molecule has 2 aromatic rings. The number of anilines is 1. The van der Waals surface area contributed by atoms with E-state index >= 15 is 0 Å². The number of carbonyl (C=O) groups excluding carboxylic acids is 2. The highest BCUT2D eigenvalue weighted by molar-refractivity contribution is 7.18. The molecule has 0 spiro atoms. The zero-order valence-electron chi connectivity index (χ0n) is 11.1. The zero-order chi connectivity index (χ0) is 14.5. The first kappa shape index (κ1) is 14.5. The molecule has 3 amide bonds. The molecule has 3 N–H and O–H groups in total. The summed E-state index contributed by atoms with van der Waals surface area (Å²) in [6.45, 7) is 2.37. The summed E-state index contributed by atoms with van der Waals surface area (Å²) in [5.74, 6) is -0.205. The van der Waals surface area contributed by atoms with Gasteiger partial charge in [-0.1, -0.05) is 0 Å². The lowest BCUT2D eigenvalue weighted by Gasteiger charge is -2.05. The van der Waals surface area contributed by atoms with Gasteiger partial charge in [-0.15, -0.1) is 11.3 Å². The van der Waals surface area contributed by atoms with Gasteiger partial charge in [0.2, 0.25) is 0 Å². The van der Waals surface area contributed by atoms with Gasteiger partial charge in [0.05, 0.1) is 5.69 Å². The Morgan fingerprint density at radius 3 is 2.75 bits per heavy atom. The van der Waals surface area contributed by atoms with Crippen molar-refractivity contribution in [2.75, 3.05) is 18.9 Å². The molecule has 2 heterocycles. The number of nitrogens with one attached hydrogen (secondary N) is 3. The normalized spacial score (nSPS) is 10.1. The van der Waals surface area contributed by atoms with E-state index in [2.05, 4.69) is 16.0 Å². The molecule has 0 aliphatic heterocycles. The maximum atomic E-state index is 11.9. The molecule has 0 atom stereocenters. The summed E-state index contributed by atoms with van der Waals surface area (Å²) in [4.78, 5) is 25.0. The number of urea groups is 1. The summed E-state index contributed by atoms with van der Waals surface area (Å²) in [6.07, 6.45) is 0. The fourth-order valence-corrected chi connectivity index (χ4v) is 3.43. The van der Waals surface area contributed by atoms with E-state index < -0.39 is 0 Å². The van der Waals surface area contributed by atoms with Crippen LogP contribution in [0.15, 0.2) is 22.9 Å². The lowest BCUT2D eigenvalue weighted by molar-refractivity contribution is 0.0968. The molecule has 0 aliphatic carbocycles. The predicted molar refractivity (Wildman–Crippen MR) is 83.7 cm³/mol. The quantitative estimate of drug-likeness (QED) is 0.812. The average molecular weight is 309 g/mol. The van der Waals surface area contributed by atoms with Crippen LogP contribution in [0.25, 0.3) is 10.4 Å². The van der Waals surface area contributed by atoms with Crippen molar-refractivity contribution in [1.29, 1.82) is 0 Å². The largest absolute Gasteiger partial charge is 0.354 e. The van der Waals surface area contributed by atoms with Crippen molar-refractivity contribution in [2.45, 2.75) is 6.92 Å². The Morgan fingerprint density at radius 1 is 1.35 bits per heavy atom. The van der Waals surface area contributed by atoms with Crippen LogP contribution >= 0.6 is 22.7 Å². The number of rotatable bonds is 4. The third-order valence-electron chi connectivity index (χ3n) is 2.56. The van der Waals surface area contributed by atoms with E-state index in [1.165, 1.54) is 11.3 Å². The lowest BCUT2D eigenvalue weighted by Crippen LogP contribution is -2.29. The van der Waals surface area contributed by atoms with E-state index in [9.17, 15) is 9.59 Å². The van der Waals surface area contributed by atoms with Crippen molar-refractivity contribution >= 4 is 40.3 Å². The SMILES string of the molecule is CCNC(=O)Nc1cc(-c2ccsc2)sc1C(=O)NC. The van der Waals surface area contributed by atoms with Crippen LogP contribution in [0.3, 0.4) is 0 Å². The third-order valence-corrected chi connectivity index (χ3v) is 4.42. The van der Waals surface area contributed by atoms with Gasteiger partial charge in [0.15, 0.2) is 0 Å². The summed E-state index contributed by atoms with van der Waals surface area (Å²) in [7, 11) is 1.57. The molecule has 7 heteroatoms. The van der Waals surface area contributed by atoms with Crippen LogP contribution in [-0.4, -0.2) is 25.5 Å². The van der Waals surface area contributed by atoms with E-state index in [1.54, 1.807) is 18.4 Å². The maximum Gasteiger partial charge on any atom is 0.319 e. The third kappa shape index (κ3) is 3.17.